The monoisotopic (exact) mass is 442 g/mol. The third-order valence-corrected chi connectivity index (χ3v) is 4.67. The first-order chi connectivity index (χ1) is 14.2. The van der Waals surface area contributed by atoms with Gasteiger partial charge < -0.3 is 10.2 Å². The molecule has 2 aromatic heterocycles. The van der Waals surface area contributed by atoms with E-state index in [2.05, 4.69) is 20.3 Å². The molecule has 160 valence electrons. The van der Waals surface area contributed by atoms with Crippen LogP contribution in [0.2, 0.25) is 5.02 Å². The van der Waals surface area contributed by atoms with Crippen LogP contribution in [0.5, 0.6) is 0 Å². The predicted octanol–water partition coefficient (Wildman–Crippen LogP) is 3.59. The van der Waals surface area contributed by atoms with Gasteiger partial charge in [0.25, 0.3) is 0 Å². The number of rotatable bonds is 6. The van der Waals surface area contributed by atoms with Gasteiger partial charge in [0.2, 0.25) is 11.9 Å². The summed E-state index contributed by atoms with van der Waals surface area (Å²) < 4.78 is 38.2. The van der Waals surface area contributed by atoms with E-state index in [0.717, 1.165) is 6.42 Å². The summed E-state index contributed by atoms with van der Waals surface area (Å²) in [6, 6.07) is 2.23. The Morgan fingerprint density at radius 3 is 2.50 bits per heavy atom. The van der Waals surface area contributed by atoms with E-state index in [1.165, 1.54) is 22.1 Å². The maximum absolute atomic E-state index is 12.8. The number of amides is 3. The molecule has 0 spiro atoms. The normalized spacial score (nSPS) is 16.8. The number of hydrogen-bond acceptors (Lipinski definition) is 5. The van der Waals surface area contributed by atoms with E-state index in [-0.39, 0.29) is 30.9 Å². The summed E-state index contributed by atoms with van der Waals surface area (Å²) in [5, 5.41) is 3.00. The Hall–Kier alpha value is -2.95. The van der Waals surface area contributed by atoms with E-state index in [4.69, 9.17) is 11.6 Å². The number of urea groups is 1. The minimum absolute atomic E-state index is 0.142. The van der Waals surface area contributed by atoms with Crippen molar-refractivity contribution in [2.75, 3.05) is 23.3 Å². The number of halogens is 4. The molecular formula is C18H18ClF3N6O2. The summed E-state index contributed by atoms with van der Waals surface area (Å²) in [5.74, 6) is -0.322. The van der Waals surface area contributed by atoms with Crippen molar-refractivity contribution in [3.8, 4) is 0 Å². The Labute approximate surface area is 175 Å². The minimum atomic E-state index is -4.57. The molecule has 0 saturated carbocycles. The summed E-state index contributed by atoms with van der Waals surface area (Å²) in [5.41, 5.74) is -1.00. The molecule has 0 aromatic carbocycles. The molecule has 30 heavy (non-hydrogen) atoms. The fraction of sp³-hybridized carbons (Fsp3) is 0.389. The van der Waals surface area contributed by atoms with Crippen molar-refractivity contribution in [1.29, 1.82) is 0 Å². The summed E-state index contributed by atoms with van der Waals surface area (Å²) >= 11 is 5.76. The maximum Gasteiger partial charge on any atom is 0.419 e. The Morgan fingerprint density at radius 1 is 1.23 bits per heavy atom. The molecule has 3 heterocycles. The van der Waals surface area contributed by atoms with E-state index < -0.39 is 23.7 Å². The second kappa shape index (κ2) is 8.82. The van der Waals surface area contributed by atoms with Crippen molar-refractivity contribution in [2.24, 2.45) is 0 Å². The van der Waals surface area contributed by atoms with Crippen LogP contribution in [0.1, 0.15) is 25.3 Å². The number of nitrogens with one attached hydrogen (secondary N) is 1. The van der Waals surface area contributed by atoms with E-state index in [0.29, 0.717) is 23.8 Å². The van der Waals surface area contributed by atoms with Crippen molar-refractivity contribution < 1.29 is 22.8 Å². The van der Waals surface area contributed by atoms with Crippen LogP contribution in [0.4, 0.5) is 29.7 Å². The van der Waals surface area contributed by atoms with Crippen molar-refractivity contribution >= 4 is 35.3 Å². The molecule has 0 radical (unpaired) electrons. The molecule has 1 saturated heterocycles. The van der Waals surface area contributed by atoms with Gasteiger partial charge in [-0.2, -0.15) is 13.2 Å². The fourth-order valence-electron chi connectivity index (χ4n) is 3.04. The minimum Gasteiger partial charge on any atom is -0.310 e. The van der Waals surface area contributed by atoms with Crippen LogP contribution in [0.25, 0.3) is 0 Å². The zero-order chi connectivity index (χ0) is 21.9. The maximum atomic E-state index is 12.8. The number of nitrogens with zero attached hydrogens (tertiary/aromatic N) is 5. The van der Waals surface area contributed by atoms with E-state index in [1.807, 2.05) is 6.92 Å². The number of carbonyl (C=O) groups is 2. The Kier molecular flexibility index (Phi) is 6.40. The average Bonchev–Trinajstić information content (AvgIpc) is 2.99. The summed E-state index contributed by atoms with van der Waals surface area (Å²) in [4.78, 5) is 39.1. The molecule has 3 amide bonds. The first-order valence-corrected chi connectivity index (χ1v) is 9.45. The Bertz CT molecular complexity index is 908. The zero-order valence-corrected chi connectivity index (χ0v) is 16.6. The van der Waals surface area contributed by atoms with Crippen LogP contribution in [0, 0.1) is 0 Å². The summed E-state index contributed by atoms with van der Waals surface area (Å²) in [6.45, 7) is 1.85. The molecule has 1 atom stereocenters. The number of anilines is 2. The van der Waals surface area contributed by atoms with Crippen LogP contribution in [0.3, 0.4) is 0 Å². The van der Waals surface area contributed by atoms with Gasteiger partial charge in [0.15, 0.2) is 0 Å². The zero-order valence-electron chi connectivity index (χ0n) is 15.9. The predicted molar refractivity (Wildman–Crippen MR) is 103 cm³/mol. The second-order valence-electron chi connectivity index (χ2n) is 6.64. The smallest absolute Gasteiger partial charge is 0.310 e. The molecule has 0 aliphatic carbocycles. The topological polar surface area (TPSA) is 91.3 Å². The van der Waals surface area contributed by atoms with Crippen LogP contribution in [-0.2, 0) is 11.0 Å². The fourth-order valence-corrected chi connectivity index (χ4v) is 3.15. The number of hydrogen-bond donors (Lipinski definition) is 1. The molecule has 0 bridgehead atoms. The number of carbonyl (C=O) groups excluding carboxylic acids is 2. The van der Waals surface area contributed by atoms with Gasteiger partial charge in [-0.25, -0.2) is 19.7 Å². The highest BCUT2D eigenvalue weighted by molar-refractivity contribution is 6.30. The lowest BCUT2D eigenvalue weighted by Gasteiger charge is -2.22. The number of alkyl halides is 3. The van der Waals surface area contributed by atoms with E-state index in [9.17, 15) is 22.8 Å². The lowest BCUT2D eigenvalue weighted by atomic mass is 10.1. The third kappa shape index (κ3) is 4.96. The molecule has 1 aliphatic rings. The van der Waals surface area contributed by atoms with Gasteiger partial charge in [0, 0.05) is 18.6 Å². The summed E-state index contributed by atoms with van der Waals surface area (Å²) in [6.07, 6.45) is -0.580. The molecule has 8 nitrogen and oxygen atoms in total. The SMILES string of the molecule is CCC[C@H]1CN(c2ncc(C(F)(F)F)cn2)C(=O)N1CC(=O)Nc1ccc(Cl)cn1. The van der Waals surface area contributed by atoms with Gasteiger partial charge in [0.05, 0.1) is 23.2 Å². The molecule has 1 fully saturated rings. The van der Waals surface area contributed by atoms with Gasteiger partial charge in [-0.15, -0.1) is 0 Å². The van der Waals surface area contributed by atoms with Gasteiger partial charge in [0.1, 0.15) is 12.4 Å². The largest absolute Gasteiger partial charge is 0.419 e. The van der Waals surface area contributed by atoms with Gasteiger partial charge in [-0.3, -0.25) is 9.69 Å². The standard InChI is InChI=1S/C18H18ClF3N6O2/c1-2-3-13-9-28(16-24-6-11(7-25-16)18(20,21)22)17(30)27(13)10-15(29)26-14-5-4-12(19)8-23-14/h4-8,13H,2-3,9-10H2,1H3,(H,23,26,29)/t13-/m0/s1. The van der Waals surface area contributed by atoms with Gasteiger partial charge >= 0.3 is 12.2 Å². The van der Waals surface area contributed by atoms with Crippen LogP contribution in [0.15, 0.2) is 30.7 Å². The van der Waals surface area contributed by atoms with Crippen LogP contribution >= 0.6 is 11.6 Å². The molecule has 2 aromatic rings. The Balaban J connectivity index is 1.73. The van der Waals surface area contributed by atoms with Crippen LogP contribution in [-0.4, -0.2) is 50.9 Å². The van der Waals surface area contributed by atoms with E-state index in [1.54, 1.807) is 6.07 Å². The molecule has 0 unspecified atom stereocenters. The van der Waals surface area contributed by atoms with E-state index >= 15 is 0 Å². The van der Waals surface area contributed by atoms with Gasteiger partial charge in [-0.05, 0) is 18.6 Å². The lowest BCUT2D eigenvalue weighted by molar-refractivity contribution is -0.138. The molecular weight excluding hydrogens is 425 g/mol. The quantitative estimate of drug-likeness (QED) is 0.738. The Morgan fingerprint density at radius 2 is 1.93 bits per heavy atom. The highest BCUT2D eigenvalue weighted by Crippen LogP contribution is 2.29. The van der Waals surface area contributed by atoms with Crippen molar-refractivity contribution in [2.45, 2.75) is 32.0 Å². The molecule has 3 rings (SSSR count). The molecule has 1 aliphatic heterocycles. The average molecular weight is 443 g/mol. The molecule has 12 heteroatoms. The lowest BCUT2D eigenvalue weighted by Crippen LogP contribution is -2.41. The number of aromatic nitrogens is 3. The number of pyridine rings is 1. The highest BCUT2D eigenvalue weighted by atomic mass is 35.5. The van der Waals surface area contributed by atoms with Crippen LogP contribution < -0.4 is 10.2 Å². The first kappa shape index (κ1) is 21.8. The summed E-state index contributed by atoms with van der Waals surface area (Å²) in [7, 11) is 0. The first-order valence-electron chi connectivity index (χ1n) is 9.07. The highest BCUT2D eigenvalue weighted by Gasteiger charge is 2.40. The van der Waals surface area contributed by atoms with Crippen molar-refractivity contribution in [1.82, 2.24) is 19.9 Å². The second-order valence-corrected chi connectivity index (χ2v) is 7.08. The molecule has 1 N–H and O–H groups in total. The van der Waals surface area contributed by atoms with Crippen molar-refractivity contribution in [3.63, 3.8) is 0 Å². The third-order valence-electron chi connectivity index (χ3n) is 4.45. The van der Waals surface area contributed by atoms with Crippen molar-refractivity contribution in [3.05, 3.63) is 41.3 Å². The van der Waals surface area contributed by atoms with Gasteiger partial charge in [-0.1, -0.05) is 24.9 Å².